The quantitative estimate of drug-likeness (QED) is 0.0823. The second kappa shape index (κ2) is 25.2. The topological polar surface area (TPSA) is 166 Å². The predicted molar refractivity (Wildman–Crippen MR) is 126 cm³/mol. The van der Waals surface area contributed by atoms with E-state index in [2.05, 4.69) is 0 Å². The molecule has 0 saturated heterocycles. The molecule has 0 fully saturated rings. The highest BCUT2D eigenvalue weighted by atomic mass is 16.6. The standard InChI is InChI=1S/C23H48O12/c1-3-10-29-17-20(32-13-6-25)22(34-15-8-27)23(35-16-9-28)21(33-14-7-26)19(31-11-4-2)18-30-12-5-24/h19-28H,3-18H2,1-2H3. The van der Waals surface area contributed by atoms with Crippen LogP contribution in [0.4, 0.5) is 0 Å². The summed E-state index contributed by atoms with van der Waals surface area (Å²) in [5.74, 6) is 0. The van der Waals surface area contributed by atoms with Crippen molar-refractivity contribution in [1.29, 1.82) is 0 Å². The highest BCUT2D eigenvalue weighted by molar-refractivity contribution is 4.91. The van der Waals surface area contributed by atoms with Gasteiger partial charge in [0, 0.05) is 13.2 Å². The average Bonchev–Trinajstić information content (AvgIpc) is 2.87. The summed E-state index contributed by atoms with van der Waals surface area (Å²) in [5.41, 5.74) is 0. The van der Waals surface area contributed by atoms with Crippen LogP contribution in [0.2, 0.25) is 0 Å². The van der Waals surface area contributed by atoms with Crippen molar-refractivity contribution in [3.05, 3.63) is 0 Å². The van der Waals surface area contributed by atoms with E-state index in [0.29, 0.717) is 13.2 Å². The Morgan fingerprint density at radius 1 is 0.429 bits per heavy atom. The van der Waals surface area contributed by atoms with Gasteiger partial charge in [-0.25, -0.2) is 0 Å². The Bertz CT molecular complexity index is 397. The van der Waals surface area contributed by atoms with Crippen LogP contribution in [0, 0.1) is 0 Å². The number of ether oxygens (including phenoxy) is 7. The first-order chi connectivity index (χ1) is 17.1. The molecule has 0 radical (unpaired) electrons. The van der Waals surface area contributed by atoms with Crippen molar-refractivity contribution in [2.24, 2.45) is 0 Å². The lowest BCUT2D eigenvalue weighted by Crippen LogP contribution is -2.56. The zero-order valence-corrected chi connectivity index (χ0v) is 21.3. The van der Waals surface area contributed by atoms with E-state index in [1.807, 2.05) is 13.8 Å². The van der Waals surface area contributed by atoms with Crippen LogP contribution in [0.5, 0.6) is 0 Å². The van der Waals surface area contributed by atoms with Gasteiger partial charge in [-0.2, -0.15) is 0 Å². The minimum Gasteiger partial charge on any atom is -0.394 e. The molecule has 0 aromatic rings. The van der Waals surface area contributed by atoms with E-state index in [4.69, 9.17) is 38.3 Å². The van der Waals surface area contributed by atoms with Gasteiger partial charge in [0.25, 0.3) is 0 Å². The van der Waals surface area contributed by atoms with Crippen molar-refractivity contribution in [3.8, 4) is 0 Å². The zero-order chi connectivity index (χ0) is 26.2. The first-order valence-electron chi connectivity index (χ1n) is 12.4. The highest BCUT2D eigenvalue weighted by Crippen LogP contribution is 2.23. The Morgan fingerprint density at radius 3 is 1.23 bits per heavy atom. The van der Waals surface area contributed by atoms with Crippen LogP contribution in [-0.4, -0.2) is 149 Å². The summed E-state index contributed by atoms with van der Waals surface area (Å²) in [4.78, 5) is 0. The van der Waals surface area contributed by atoms with E-state index in [9.17, 15) is 20.4 Å². The van der Waals surface area contributed by atoms with Gasteiger partial charge in [0.1, 0.15) is 30.5 Å². The molecule has 0 aromatic heterocycles. The Balaban J connectivity index is 6.17. The summed E-state index contributed by atoms with van der Waals surface area (Å²) >= 11 is 0. The smallest absolute Gasteiger partial charge is 0.115 e. The van der Waals surface area contributed by atoms with Gasteiger partial charge in [-0.05, 0) is 12.8 Å². The Labute approximate surface area is 209 Å². The zero-order valence-electron chi connectivity index (χ0n) is 21.3. The van der Waals surface area contributed by atoms with E-state index < -0.39 is 30.5 Å². The second-order valence-corrected chi connectivity index (χ2v) is 7.59. The predicted octanol–water partition coefficient (Wildman–Crippen LogP) is -1.27. The van der Waals surface area contributed by atoms with E-state index in [0.717, 1.165) is 12.8 Å². The van der Waals surface area contributed by atoms with Crippen LogP contribution >= 0.6 is 0 Å². The van der Waals surface area contributed by atoms with Gasteiger partial charge in [-0.1, -0.05) is 13.8 Å². The monoisotopic (exact) mass is 516 g/mol. The van der Waals surface area contributed by atoms with Gasteiger partial charge in [0.15, 0.2) is 0 Å². The van der Waals surface area contributed by atoms with Crippen LogP contribution in [-0.2, 0) is 33.2 Å². The molecule has 0 aliphatic carbocycles. The maximum atomic E-state index is 9.48. The normalized spacial score (nSPS) is 16.2. The maximum absolute atomic E-state index is 9.48. The molecule has 5 atom stereocenters. The maximum Gasteiger partial charge on any atom is 0.115 e. The Morgan fingerprint density at radius 2 is 0.800 bits per heavy atom. The number of hydrogen-bond acceptors (Lipinski definition) is 12. The van der Waals surface area contributed by atoms with Crippen molar-refractivity contribution >= 4 is 0 Å². The van der Waals surface area contributed by atoms with Crippen molar-refractivity contribution in [2.45, 2.75) is 57.2 Å². The minimum absolute atomic E-state index is 0.0173. The fourth-order valence-corrected chi connectivity index (χ4v) is 3.33. The average molecular weight is 517 g/mol. The van der Waals surface area contributed by atoms with E-state index in [1.54, 1.807) is 0 Å². The molecular weight excluding hydrogens is 468 g/mol. The van der Waals surface area contributed by atoms with Crippen LogP contribution < -0.4 is 0 Å². The number of rotatable bonds is 27. The number of aliphatic hydroxyl groups is 5. The molecule has 12 heteroatoms. The Hall–Kier alpha value is -0.480. The van der Waals surface area contributed by atoms with Gasteiger partial charge in [-0.3, -0.25) is 0 Å². The first kappa shape index (κ1) is 34.5. The van der Waals surface area contributed by atoms with Gasteiger partial charge in [-0.15, -0.1) is 0 Å². The van der Waals surface area contributed by atoms with Crippen LogP contribution in [0.3, 0.4) is 0 Å². The van der Waals surface area contributed by atoms with Crippen LogP contribution in [0.25, 0.3) is 0 Å². The molecule has 0 bridgehead atoms. The molecule has 5 unspecified atom stereocenters. The van der Waals surface area contributed by atoms with E-state index in [-0.39, 0.29) is 79.3 Å². The molecule has 12 nitrogen and oxygen atoms in total. The summed E-state index contributed by atoms with van der Waals surface area (Å²) in [6.07, 6.45) is -2.46. The number of hydrogen-bond donors (Lipinski definition) is 5. The lowest BCUT2D eigenvalue weighted by Gasteiger charge is -2.40. The van der Waals surface area contributed by atoms with Gasteiger partial charge in [0.05, 0.1) is 79.3 Å². The fraction of sp³-hybridized carbons (Fsp3) is 1.00. The van der Waals surface area contributed by atoms with Crippen molar-refractivity contribution in [2.75, 3.05) is 92.5 Å². The van der Waals surface area contributed by atoms with Crippen molar-refractivity contribution < 1.29 is 58.7 Å². The minimum atomic E-state index is -0.895. The third-order valence-electron chi connectivity index (χ3n) is 4.69. The second-order valence-electron chi connectivity index (χ2n) is 7.59. The fourth-order valence-electron chi connectivity index (χ4n) is 3.33. The molecule has 0 spiro atoms. The third kappa shape index (κ3) is 16.1. The van der Waals surface area contributed by atoms with Gasteiger partial charge in [0.2, 0.25) is 0 Å². The molecule has 0 saturated carbocycles. The largest absolute Gasteiger partial charge is 0.394 e. The van der Waals surface area contributed by atoms with Crippen molar-refractivity contribution in [1.82, 2.24) is 0 Å². The molecule has 0 rings (SSSR count). The molecule has 212 valence electrons. The summed E-state index contributed by atoms with van der Waals surface area (Å²) in [6, 6.07) is 0. The molecule has 0 amide bonds. The molecule has 35 heavy (non-hydrogen) atoms. The molecule has 0 aliphatic rings. The van der Waals surface area contributed by atoms with Gasteiger partial charge >= 0.3 is 0 Å². The summed E-state index contributed by atoms with van der Waals surface area (Å²) in [5, 5.41) is 46.8. The van der Waals surface area contributed by atoms with Gasteiger partial charge < -0.3 is 58.7 Å². The SMILES string of the molecule is CCCOCC(OCCO)C(OCCO)C(OCCO)C(OCCO)C(COCCO)OCCC. The third-order valence-corrected chi connectivity index (χ3v) is 4.69. The lowest BCUT2D eigenvalue weighted by atomic mass is 9.98. The van der Waals surface area contributed by atoms with Crippen molar-refractivity contribution in [3.63, 3.8) is 0 Å². The van der Waals surface area contributed by atoms with Crippen LogP contribution in [0.1, 0.15) is 26.7 Å². The first-order valence-corrected chi connectivity index (χ1v) is 12.4. The molecule has 0 aliphatic heterocycles. The Kier molecular flexibility index (Phi) is 24.8. The molecular formula is C23H48O12. The van der Waals surface area contributed by atoms with E-state index >= 15 is 0 Å². The lowest BCUT2D eigenvalue weighted by molar-refractivity contribution is -0.220. The summed E-state index contributed by atoms with van der Waals surface area (Å²) in [6.45, 7) is 3.80. The highest BCUT2D eigenvalue weighted by Gasteiger charge is 2.42. The summed E-state index contributed by atoms with van der Waals surface area (Å²) < 4.78 is 41.0. The molecule has 0 heterocycles. The molecule has 0 aromatic carbocycles. The molecule has 5 N–H and O–H groups in total. The van der Waals surface area contributed by atoms with Crippen LogP contribution in [0.15, 0.2) is 0 Å². The summed E-state index contributed by atoms with van der Waals surface area (Å²) in [7, 11) is 0. The number of aliphatic hydroxyl groups excluding tert-OH is 5. The van der Waals surface area contributed by atoms with E-state index in [1.165, 1.54) is 0 Å².